The molecule has 3 rings (SSSR count). The minimum absolute atomic E-state index is 0.161. The first-order valence-electron chi connectivity index (χ1n) is 9.91. The molecule has 3 heterocycles. The highest BCUT2D eigenvalue weighted by Gasteiger charge is 2.27. The van der Waals surface area contributed by atoms with E-state index in [9.17, 15) is 4.79 Å². The summed E-state index contributed by atoms with van der Waals surface area (Å²) in [5, 5.41) is 6.58. The molecule has 0 saturated carbocycles. The topological polar surface area (TPSA) is 57.5 Å². The van der Waals surface area contributed by atoms with Crippen molar-refractivity contribution in [3.8, 4) is 0 Å². The number of likely N-dealkylation sites (tertiary alicyclic amines) is 1. The molecule has 2 unspecified atom stereocenters. The van der Waals surface area contributed by atoms with Gasteiger partial charge in [-0.3, -0.25) is 9.69 Å². The van der Waals surface area contributed by atoms with Crippen LogP contribution in [-0.4, -0.2) is 43.5 Å². The van der Waals surface area contributed by atoms with Gasteiger partial charge in [0, 0.05) is 13.0 Å². The summed E-state index contributed by atoms with van der Waals surface area (Å²) >= 11 is 0. The third-order valence-electron chi connectivity index (χ3n) is 5.86. The maximum atomic E-state index is 12.5. The van der Waals surface area contributed by atoms with Crippen LogP contribution in [-0.2, 0) is 4.79 Å². The van der Waals surface area contributed by atoms with Crippen LogP contribution in [0.25, 0.3) is 0 Å². The van der Waals surface area contributed by atoms with E-state index in [1.54, 1.807) is 0 Å². The third kappa shape index (κ3) is 5.08. The summed E-state index contributed by atoms with van der Waals surface area (Å²) in [4.78, 5) is 14.9. The van der Waals surface area contributed by atoms with Gasteiger partial charge in [-0.1, -0.05) is 6.92 Å². The zero-order chi connectivity index (χ0) is 17.6. The largest absolute Gasteiger partial charge is 0.465 e. The second-order valence-electron chi connectivity index (χ2n) is 7.78. The minimum Gasteiger partial charge on any atom is -0.465 e. The maximum Gasteiger partial charge on any atom is 0.220 e. The van der Waals surface area contributed by atoms with E-state index in [2.05, 4.69) is 28.5 Å². The molecule has 0 radical (unpaired) electrons. The van der Waals surface area contributed by atoms with Crippen LogP contribution in [0.3, 0.4) is 0 Å². The first-order valence-corrected chi connectivity index (χ1v) is 9.91. The van der Waals surface area contributed by atoms with E-state index in [0.717, 1.165) is 37.7 Å². The molecule has 0 aromatic carbocycles. The van der Waals surface area contributed by atoms with Gasteiger partial charge in [0.05, 0.1) is 6.04 Å². The summed E-state index contributed by atoms with van der Waals surface area (Å²) in [6.45, 7) is 9.20. The molecule has 2 aliphatic rings. The van der Waals surface area contributed by atoms with E-state index in [1.807, 2.05) is 13.0 Å². The first kappa shape index (κ1) is 18.5. The molecule has 2 atom stereocenters. The fraction of sp³-hybridized carbons (Fsp3) is 0.750. The van der Waals surface area contributed by atoms with E-state index in [0.29, 0.717) is 24.8 Å². The summed E-state index contributed by atoms with van der Waals surface area (Å²) in [5.74, 6) is 3.22. The zero-order valence-electron chi connectivity index (χ0n) is 15.7. The molecule has 140 valence electrons. The van der Waals surface area contributed by atoms with E-state index >= 15 is 0 Å². The number of nitrogens with zero attached hydrogens (tertiary/aromatic N) is 1. The third-order valence-corrected chi connectivity index (χ3v) is 5.86. The molecule has 2 aliphatic heterocycles. The molecule has 1 amide bonds. The fourth-order valence-electron chi connectivity index (χ4n) is 4.25. The van der Waals surface area contributed by atoms with E-state index in [4.69, 9.17) is 4.42 Å². The number of hydrogen-bond acceptors (Lipinski definition) is 4. The molecule has 2 saturated heterocycles. The van der Waals surface area contributed by atoms with Gasteiger partial charge >= 0.3 is 0 Å². The van der Waals surface area contributed by atoms with Crippen LogP contribution in [0.5, 0.6) is 0 Å². The van der Waals surface area contributed by atoms with Gasteiger partial charge in [-0.05, 0) is 82.8 Å². The second-order valence-corrected chi connectivity index (χ2v) is 7.78. The predicted octanol–water partition coefficient (Wildman–Crippen LogP) is 2.87. The Bertz CT molecular complexity index is 545. The van der Waals surface area contributed by atoms with E-state index in [-0.39, 0.29) is 11.9 Å². The Morgan fingerprint density at radius 3 is 2.68 bits per heavy atom. The average molecular weight is 348 g/mol. The Balaban J connectivity index is 1.52. The Morgan fingerprint density at radius 1 is 1.32 bits per heavy atom. The molecule has 5 heteroatoms. The molecule has 2 N–H and O–H groups in total. The molecule has 5 nitrogen and oxygen atoms in total. The van der Waals surface area contributed by atoms with Crippen molar-refractivity contribution < 1.29 is 9.21 Å². The van der Waals surface area contributed by atoms with Gasteiger partial charge in [0.1, 0.15) is 11.5 Å². The van der Waals surface area contributed by atoms with Crippen LogP contribution in [0.15, 0.2) is 16.5 Å². The average Bonchev–Trinajstić information content (AvgIpc) is 3.28. The van der Waals surface area contributed by atoms with Crippen LogP contribution < -0.4 is 10.6 Å². The van der Waals surface area contributed by atoms with E-state index < -0.39 is 0 Å². The number of amides is 1. The lowest BCUT2D eigenvalue weighted by Gasteiger charge is -2.29. The number of aryl methyl sites for hydroxylation is 1. The number of nitrogens with one attached hydrogen (secondary N) is 2. The number of furan rings is 1. The maximum absolute atomic E-state index is 12.5. The highest BCUT2D eigenvalue weighted by Crippen LogP contribution is 2.27. The van der Waals surface area contributed by atoms with Gasteiger partial charge < -0.3 is 15.1 Å². The highest BCUT2D eigenvalue weighted by atomic mass is 16.3. The highest BCUT2D eigenvalue weighted by molar-refractivity contribution is 5.76. The lowest BCUT2D eigenvalue weighted by Crippen LogP contribution is -2.38. The summed E-state index contributed by atoms with van der Waals surface area (Å²) in [7, 11) is 0. The van der Waals surface area contributed by atoms with Crippen LogP contribution in [0, 0.1) is 18.8 Å². The van der Waals surface area contributed by atoms with Crippen molar-refractivity contribution in [3.63, 3.8) is 0 Å². The molecule has 0 spiro atoms. The van der Waals surface area contributed by atoms with Crippen LogP contribution in [0.4, 0.5) is 0 Å². The van der Waals surface area contributed by atoms with Crippen LogP contribution >= 0.6 is 0 Å². The van der Waals surface area contributed by atoms with E-state index in [1.165, 1.54) is 25.7 Å². The number of carbonyl (C=O) groups is 1. The number of hydrogen-bond donors (Lipinski definition) is 2. The van der Waals surface area contributed by atoms with Gasteiger partial charge in [0.15, 0.2) is 0 Å². The van der Waals surface area contributed by atoms with Crippen molar-refractivity contribution in [2.75, 3.05) is 32.7 Å². The lowest BCUT2D eigenvalue weighted by molar-refractivity contribution is -0.122. The van der Waals surface area contributed by atoms with Crippen molar-refractivity contribution in [3.05, 3.63) is 23.7 Å². The van der Waals surface area contributed by atoms with Crippen molar-refractivity contribution in [2.45, 2.75) is 52.0 Å². The smallest absolute Gasteiger partial charge is 0.220 e. The zero-order valence-corrected chi connectivity index (χ0v) is 15.7. The van der Waals surface area contributed by atoms with Crippen molar-refractivity contribution >= 4 is 5.91 Å². The number of rotatable bonds is 7. The molecule has 0 aliphatic carbocycles. The van der Waals surface area contributed by atoms with Gasteiger partial charge in [-0.25, -0.2) is 0 Å². The summed E-state index contributed by atoms with van der Waals surface area (Å²) in [6, 6.07) is 4.23. The quantitative estimate of drug-likeness (QED) is 0.796. The van der Waals surface area contributed by atoms with Crippen molar-refractivity contribution in [2.24, 2.45) is 11.8 Å². The molecule has 1 aromatic heterocycles. The second kappa shape index (κ2) is 8.86. The summed E-state index contributed by atoms with van der Waals surface area (Å²) in [6.07, 6.45) is 5.48. The van der Waals surface area contributed by atoms with Gasteiger partial charge in [-0.15, -0.1) is 0 Å². The molecule has 2 fully saturated rings. The number of carbonyl (C=O) groups excluding carboxylic acids is 1. The van der Waals surface area contributed by atoms with Crippen LogP contribution in [0.1, 0.15) is 56.6 Å². The Kier molecular flexibility index (Phi) is 6.54. The normalized spacial score (nSPS) is 22.0. The SMILES string of the molecule is Cc1ccc(C(CNC(=O)CC(C)C2CCNCC2)N2CCCC2)o1. The predicted molar refractivity (Wildman–Crippen MR) is 99.4 cm³/mol. The lowest BCUT2D eigenvalue weighted by atomic mass is 9.84. The molecule has 0 bridgehead atoms. The Hall–Kier alpha value is -1.33. The molecular weight excluding hydrogens is 314 g/mol. The fourth-order valence-corrected chi connectivity index (χ4v) is 4.25. The van der Waals surface area contributed by atoms with Gasteiger partial charge in [-0.2, -0.15) is 0 Å². The Labute approximate surface area is 151 Å². The Morgan fingerprint density at radius 2 is 2.04 bits per heavy atom. The van der Waals surface area contributed by atoms with Gasteiger partial charge in [0.25, 0.3) is 0 Å². The van der Waals surface area contributed by atoms with Crippen molar-refractivity contribution in [1.29, 1.82) is 0 Å². The van der Waals surface area contributed by atoms with Crippen LogP contribution in [0.2, 0.25) is 0 Å². The number of piperidine rings is 1. The summed E-state index contributed by atoms with van der Waals surface area (Å²) in [5.41, 5.74) is 0. The molecular formula is C20H33N3O2. The summed E-state index contributed by atoms with van der Waals surface area (Å²) < 4.78 is 5.87. The first-order chi connectivity index (χ1) is 12.1. The molecule has 1 aromatic rings. The molecule has 25 heavy (non-hydrogen) atoms. The minimum atomic E-state index is 0.161. The standard InChI is InChI=1S/C20H33N3O2/c1-15(17-7-9-21-10-8-17)13-20(24)22-14-18(23-11-3-4-12-23)19-6-5-16(2)25-19/h5-6,15,17-18,21H,3-4,7-14H2,1-2H3,(H,22,24). The van der Waals surface area contributed by atoms with Gasteiger partial charge in [0.2, 0.25) is 5.91 Å². The van der Waals surface area contributed by atoms with Crippen molar-refractivity contribution in [1.82, 2.24) is 15.5 Å². The monoisotopic (exact) mass is 347 g/mol.